The number of likely N-dealkylation sites (N-methyl/N-ethyl adjacent to an activating group) is 1. The number of imide groups is 1. The zero-order chi connectivity index (χ0) is 28.3. The van der Waals surface area contributed by atoms with Crippen LogP contribution in [0.4, 0.5) is 17.6 Å². The molecule has 39 heavy (non-hydrogen) atoms. The fraction of sp³-hybridized carbons (Fsp3) is 0.407. The predicted molar refractivity (Wildman–Crippen MR) is 128 cm³/mol. The van der Waals surface area contributed by atoms with Crippen LogP contribution in [0.3, 0.4) is 0 Å². The second-order valence-corrected chi connectivity index (χ2v) is 9.60. The first kappa shape index (κ1) is 32.2. The van der Waals surface area contributed by atoms with E-state index in [-0.39, 0.29) is 46.0 Å². The molecule has 1 aromatic carbocycles. The van der Waals surface area contributed by atoms with Crippen molar-refractivity contribution in [3.8, 4) is 0 Å². The van der Waals surface area contributed by atoms with Crippen molar-refractivity contribution in [2.24, 2.45) is 11.3 Å². The Bertz CT molecular complexity index is 1200. The van der Waals surface area contributed by atoms with E-state index < -0.39 is 34.5 Å². The average Bonchev–Trinajstić information content (AvgIpc) is 3.05. The molecule has 2 fully saturated rings. The first-order valence-corrected chi connectivity index (χ1v) is 11.9. The molecule has 4 rings (SSSR count). The minimum atomic E-state index is -4.57. The number of alkyl halides is 3. The summed E-state index contributed by atoms with van der Waals surface area (Å²) < 4.78 is 48.5. The van der Waals surface area contributed by atoms with E-state index >= 15 is 0 Å². The number of aromatic nitrogens is 1. The molecule has 0 aliphatic carbocycles. The normalized spacial score (nSPS) is 18.4. The van der Waals surface area contributed by atoms with E-state index in [1.54, 1.807) is 42.9 Å². The summed E-state index contributed by atoms with van der Waals surface area (Å²) in [5, 5.41) is 0. The Morgan fingerprint density at radius 2 is 1.72 bits per heavy atom. The summed E-state index contributed by atoms with van der Waals surface area (Å²) in [7, 11) is 1.55. The number of likely N-dealkylation sites (tertiary alicyclic amines) is 2. The summed E-state index contributed by atoms with van der Waals surface area (Å²) in [5.41, 5.74) is -1.70. The fourth-order valence-corrected chi connectivity index (χ4v) is 4.80. The number of halogens is 4. The summed E-state index contributed by atoms with van der Waals surface area (Å²) in [6, 6.07) is 5.18. The Morgan fingerprint density at radius 3 is 2.23 bits per heavy atom. The first-order chi connectivity index (χ1) is 17.8. The number of pyridine rings is 1. The molecule has 12 heteroatoms. The van der Waals surface area contributed by atoms with Gasteiger partial charge in [0.25, 0.3) is 0 Å². The third-order valence-electron chi connectivity index (χ3n) is 6.75. The predicted octanol–water partition coefficient (Wildman–Crippen LogP) is 3.93. The number of carbonyl (C=O) groups is 3. The number of amides is 3. The van der Waals surface area contributed by atoms with Crippen LogP contribution in [-0.2, 0) is 47.7 Å². The van der Waals surface area contributed by atoms with Crippen LogP contribution < -0.4 is 0 Å². The molecular weight excluding hydrogens is 599 g/mol. The Labute approximate surface area is 239 Å². The largest absolute Gasteiger partial charge is 2.00 e. The zero-order valence-electron chi connectivity index (χ0n) is 21.5. The quantitative estimate of drug-likeness (QED) is 0.222. The van der Waals surface area contributed by atoms with Crippen LogP contribution in [-0.4, -0.2) is 58.9 Å². The van der Waals surface area contributed by atoms with Crippen molar-refractivity contribution >= 4 is 24.0 Å². The molecule has 1 atom stereocenters. The molecular formula is C27H27F4N3NbO4. The van der Waals surface area contributed by atoms with Gasteiger partial charge in [-0.15, -0.1) is 11.6 Å². The van der Waals surface area contributed by atoms with Gasteiger partial charge in [-0.2, -0.15) is 19.1 Å². The molecule has 7 nitrogen and oxygen atoms in total. The molecule has 3 heterocycles. The van der Waals surface area contributed by atoms with Gasteiger partial charge >= 0.3 is 28.6 Å². The number of nitrogens with zero attached hydrogens (tertiary/aromatic N) is 3. The van der Waals surface area contributed by atoms with E-state index in [0.717, 1.165) is 11.8 Å². The third-order valence-corrected chi connectivity index (χ3v) is 6.75. The Balaban J connectivity index is 0.000000324. The molecule has 0 N–H and O–H groups in total. The van der Waals surface area contributed by atoms with Crippen LogP contribution in [0.5, 0.6) is 0 Å². The van der Waals surface area contributed by atoms with Crippen LogP contribution in [0.1, 0.15) is 49.3 Å². The van der Waals surface area contributed by atoms with Crippen LogP contribution in [0.15, 0.2) is 42.7 Å². The molecule has 2 saturated heterocycles. The maximum absolute atomic E-state index is 12.9. The van der Waals surface area contributed by atoms with E-state index in [1.807, 2.05) is 13.8 Å². The van der Waals surface area contributed by atoms with Gasteiger partial charge in [0, 0.05) is 38.3 Å². The SMILES string of the molecule is CC(C)[CH-]C(=O)N1CCC2(CC1)C(=O)N(C)C(=O)C2c1ccncc1.O=[C-]c1cc(C(F)(F)F)ccc1F.[Nb+2]. The fourth-order valence-electron chi connectivity index (χ4n) is 4.80. The van der Waals surface area contributed by atoms with Crippen molar-refractivity contribution in [1.29, 1.82) is 0 Å². The molecule has 1 unspecified atom stereocenters. The minimum absolute atomic E-state index is 0. The standard InChI is InChI=1S/C19H24N3O3.C8H3F4O.Nb/c1-13(2)12-15(23)22-10-6-19(7-11-22)16(14-4-8-20-9-5-14)17(24)21(3)18(19)25;9-7-2-1-6(8(10,11)12)3-5(7)4-13;/h4-5,8-9,12-13,16H,6-7,10-11H2,1-3H3;1-3H;/q2*-1;+2. The van der Waals surface area contributed by atoms with Crippen molar-refractivity contribution in [2.75, 3.05) is 20.1 Å². The molecule has 2 aliphatic heterocycles. The summed E-state index contributed by atoms with van der Waals surface area (Å²) in [6.07, 6.45) is 2.52. The van der Waals surface area contributed by atoms with Crippen LogP contribution in [0.25, 0.3) is 0 Å². The van der Waals surface area contributed by atoms with Gasteiger partial charge in [-0.25, -0.2) is 0 Å². The summed E-state index contributed by atoms with van der Waals surface area (Å²) >= 11 is 0. The van der Waals surface area contributed by atoms with Crippen molar-refractivity contribution in [2.45, 2.75) is 38.8 Å². The van der Waals surface area contributed by atoms with Crippen molar-refractivity contribution in [1.82, 2.24) is 14.8 Å². The number of piperidine rings is 1. The van der Waals surface area contributed by atoms with Crippen molar-refractivity contribution in [3.05, 3.63) is 71.7 Å². The van der Waals surface area contributed by atoms with Gasteiger partial charge in [0.1, 0.15) is 0 Å². The minimum Gasteiger partial charge on any atom is -0.376 e. The molecule has 3 amide bonds. The third kappa shape index (κ3) is 6.95. The maximum Gasteiger partial charge on any atom is 2.00 e. The molecule has 1 radical (unpaired) electrons. The number of rotatable bonds is 4. The number of hydrogen-bond acceptors (Lipinski definition) is 5. The van der Waals surface area contributed by atoms with E-state index in [0.29, 0.717) is 44.1 Å². The molecule has 1 aromatic heterocycles. The van der Waals surface area contributed by atoms with Crippen LogP contribution >= 0.6 is 0 Å². The van der Waals surface area contributed by atoms with Gasteiger partial charge in [-0.1, -0.05) is 26.0 Å². The zero-order valence-corrected chi connectivity index (χ0v) is 23.7. The van der Waals surface area contributed by atoms with Gasteiger partial charge in [-0.3, -0.25) is 23.9 Å². The summed E-state index contributed by atoms with van der Waals surface area (Å²) in [5.74, 6) is -1.59. The van der Waals surface area contributed by atoms with E-state index in [1.165, 1.54) is 4.90 Å². The van der Waals surface area contributed by atoms with Crippen LogP contribution in [0.2, 0.25) is 0 Å². The molecule has 2 aliphatic rings. The van der Waals surface area contributed by atoms with Gasteiger partial charge in [-0.05, 0) is 36.1 Å². The number of carbonyl (C=O) groups excluding carboxylic acids is 4. The van der Waals surface area contributed by atoms with Gasteiger partial charge in [0.2, 0.25) is 11.8 Å². The van der Waals surface area contributed by atoms with E-state index in [9.17, 15) is 36.7 Å². The average molecular weight is 626 g/mol. The number of hydrogen-bond donors (Lipinski definition) is 0. The summed E-state index contributed by atoms with van der Waals surface area (Å²) in [4.78, 5) is 54.9. The maximum atomic E-state index is 12.9. The van der Waals surface area contributed by atoms with Crippen molar-refractivity contribution < 1.29 is 59.1 Å². The molecule has 1 spiro atoms. The summed E-state index contributed by atoms with van der Waals surface area (Å²) in [6.45, 7) is 4.93. The van der Waals surface area contributed by atoms with Gasteiger partial charge in [0.15, 0.2) is 0 Å². The molecule has 207 valence electrons. The Hall–Kier alpha value is -3.02. The number of benzene rings is 1. The smallest absolute Gasteiger partial charge is 0.376 e. The Morgan fingerprint density at radius 1 is 1.13 bits per heavy atom. The van der Waals surface area contributed by atoms with Crippen molar-refractivity contribution in [3.63, 3.8) is 0 Å². The molecule has 0 saturated carbocycles. The topological polar surface area (TPSA) is 87.7 Å². The second-order valence-electron chi connectivity index (χ2n) is 9.60. The first-order valence-electron chi connectivity index (χ1n) is 11.9. The van der Waals surface area contributed by atoms with Gasteiger partial charge < -0.3 is 20.9 Å². The monoisotopic (exact) mass is 626 g/mol. The van der Waals surface area contributed by atoms with Gasteiger partial charge in [0.05, 0.1) is 23.5 Å². The van der Waals surface area contributed by atoms with E-state index in [4.69, 9.17) is 0 Å². The molecule has 2 aromatic rings. The second kappa shape index (κ2) is 12.9. The van der Waals surface area contributed by atoms with Crippen LogP contribution in [0, 0.1) is 23.6 Å². The molecule has 0 bridgehead atoms. The Kier molecular flexibility index (Phi) is 10.6. The van der Waals surface area contributed by atoms with E-state index in [2.05, 4.69) is 4.98 Å².